The Hall–Kier alpha value is -8.74. The van der Waals surface area contributed by atoms with Gasteiger partial charge in [0.15, 0.2) is 29.2 Å². The molecule has 0 bridgehead atoms. The molecule has 97 heavy (non-hydrogen) atoms. The highest BCUT2D eigenvalue weighted by molar-refractivity contribution is 6.07. The van der Waals surface area contributed by atoms with Crippen molar-refractivity contribution in [2.45, 2.75) is 136 Å². The maximum absolute atomic E-state index is 14.3. The van der Waals surface area contributed by atoms with E-state index in [1.807, 2.05) is 20.0 Å². The minimum Gasteiger partial charge on any atom is -0.493 e. The predicted octanol–water partition coefficient (Wildman–Crippen LogP) is 7.97. The van der Waals surface area contributed by atoms with Gasteiger partial charge in [0.2, 0.25) is 17.7 Å². The van der Waals surface area contributed by atoms with Crippen LogP contribution < -0.4 is 45.1 Å². The van der Waals surface area contributed by atoms with Crippen molar-refractivity contribution in [3.8, 4) is 34.8 Å². The lowest BCUT2D eigenvalue weighted by Gasteiger charge is -2.31. The molecule has 26 heteroatoms. The number of methoxy groups -OCH3 is 2. The van der Waals surface area contributed by atoms with Gasteiger partial charge in [0.1, 0.15) is 18.7 Å². The Kier molecular flexibility index (Phi) is 26.5. The van der Waals surface area contributed by atoms with Crippen LogP contribution >= 0.6 is 0 Å². The van der Waals surface area contributed by atoms with Crippen LogP contribution in [0.5, 0.6) is 23.0 Å². The van der Waals surface area contributed by atoms with Gasteiger partial charge in [-0.3, -0.25) is 29.0 Å². The fourth-order valence-electron chi connectivity index (χ4n) is 12.4. The lowest BCUT2D eigenvalue weighted by Crippen LogP contribution is -2.53. The lowest BCUT2D eigenvalue weighted by molar-refractivity contribution is -0.132. The number of aliphatic hydroxyl groups excluding tert-OH is 1. The number of hydrogen-bond acceptors (Lipinski definition) is 19. The number of hydrogen-bond donors (Lipinski definition) is 5. The molecule has 26 nitrogen and oxygen atoms in total. The number of fused-ring (bicyclic) bond motifs is 5. The van der Waals surface area contributed by atoms with Gasteiger partial charge in [-0.1, -0.05) is 37.1 Å². The number of nitrogens with zero attached hydrogens (tertiary/aromatic N) is 4. The fourth-order valence-corrected chi connectivity index (χ4v) is 12.4. The van der Waals surface area contributed by atoms with E-state index in [9.17, 15) is 38.7 Å². The summed E-state index contributed by atoms with van der Waals surface area (Å²) in [6.07, 6.45) is 9.42. The number of unbranched alkanes of at least 4 members (excludes halogenated alkanes) is 2. The summed E-state index contributed by atoms with van der Waals surface area (Å²) in [6, 6.07) is 9.99. The maximum atomic E-state index is 14.3. The van der Waals surface area contributed by atoms with Gasteiger partial charge < -0.3 is 83.5 Å². The van der Waals surface area contributed by atoms with E-state index in [-0.39, 0.29) is 80.1 Å². The van der Waals surface area contributed by atoms with Crippen molar-refractivity contribution in [1.82, 2.24) is 25.8 Å². The summed E-state index contributed by atoms with van der Waals surface area (Å²) in [7, 11) is 2.97. The Labute approximate surface area is 566 Å². The van der Waals surface area contributed by atoms with Crippen LogP contribution in [0, 0.1) is 35.5 Å². The van der Waals surface area contributed by atoms with E-state index in [2.05, 4.69) is 38.1 Å². The molecule has 8 atom stereocenters. The van der Waals surface area contributed by atoms with Crippen LogP contribution in [0.4, 0.5) is 26.7 Å². The molecule has 4 heterocycles. The van der Waals surface area contributed by atoms with E-state index in [0.29, 0.717) is 130 Å². The summed E-state index contributed by atoms with van der Waals surface area (Å²) >= 11 is 0. The zero-order valence-corrected chi connectivity index (χ0v) is 56.5. The van der Waals surface area contributed by atoms with Crippen LogP contribution in [-0.2, 0) is 49.4 Å². The topological polar surface area (TPSA) is 302 Å². The third-order valence-corrected chi connectivity index (χ3v) is 17.7. The van der Waals surface area contributed by atoms with Crippen LogP contribution in [0.25, 0.3) is 0 Å². The van der Waals surface area contributed by atoms with Crippen LogP contribution in [0.1, 0.15) is 125 Å². The number of amides is 7. The van der Waals surface area contributed by atoms with Crippen molar-refractivity contribution >= 4 is 65.0 Å². The smallest absolute Gasteiger partial charge is 0.416 e. The number of rotatable bonds is 35. The number of aliphatic imine (C=N–C) groups is 1. The molecule has 9 rings (SSSR count). The van der Waals surface area contributed by atoms with Crippen LogP contribution in [-0.4, -0.2) is 187 Å². The molecule has 1 saturated carbocycles. The molecule has 7 amide bonds. The molecule has 2 aliphatic carbocycles. The van der Waals surface area contributed by atoms with Crippen molar-refractivity contribution in [1.29, 1.82) is 0 Å². The fraction of sp³-hybridized carbons (Fsp3) is 0.549. The van der Waals surface area contributed by atoms with E-state index >= 15 is 0 Å². The first-order chi connectivity index (χ1) is 46.9. The number of ether oxygens (including phenoxy) is 10. The van der Waals surface area contributed by atoms with E-state index in [0.717, 1.165) is 48.2 Å². The summed E-state index contributed by atoms with van der Waals surface area (Å²) in [5, 5.41) is 22.9. The standard InChI is InChI=1S/C71H92N8O18/c1-44(2)64(76-63(80)21-25-90-27-29-92-31-32-93-30-28-91-26-22-72-70(86)96-43-55-51-15-11-8-9-12-16-52(51)55)66(82)74-47(5)65(81)75-49-19-17-48(18-20-49)42-97-71(87)79-57-38-62(60(89-7)36-54(57)68(84)78-41-46(4)34-58(78)69(79)85)95-24-14-10-13-23-94-61-37-56-53(35-59(61)88-6)67(83)77-40-45(3)33-50(77)39-73-56/h17-20,35-41,44,47,50-52,55,58,64,69,85H,10-16,21-34,42-43H2,1-7H3,(H,72,86)(H,74,82)(H,75,81)(H,76,80)/t47-,50-,51-,52+,55?,58-,64-,69-/m0/s1. The Morgan fingerprint density at radius 2 is 1.27 bits per heavy atom. The average molecular weight is 1350 g/mol. The minimum absolute atomic E-state index is 0.00524. The number of benzene rings is 3. The van der Waals surface area contributed by atoms with Gasteiger partial charge in [0.05, 0.1) is 121 Å². The lowest BCUT2D eigenvalue weighted by atomic mass is 10.0. The quantitative estimate of drug-likeness (QED) is 0.0275. The predicted molar refractivity (Wildman–Crippen MR) is 358 cm³/mol. The first-order valence-corrected chi connectivity index (χ1v) is 33.5. The molecule has 0 radical (unpaired) electrons. The monoisotopic (exact) mass is 1340 g/mol. The van der Waals surface area contributed by atoms with Gasteiger partial charge in [-0.25, -0.2) is 14.5 Å². The molecular formula is C71H92N8O18. The molecule has 1 fully saturated rings. The average Bonchev–Trinajstić information content (AvgIpc) is 1.65. The largest absolute Gasteiger partial charge is 0.493 e. The highest BCUT2D eigenvalue weighted by atomic mass is 16.6. The van der Waals surface area contributed by atoms with Gasteiger partial charge in [-0.2, -0.15) is 0 Å². The maximum Gasteiger partial charge on any atom is 0.416 e. The van der Waals surface area contributed by atoms with Gasteiger partial charge in [0, 0.05) is 62.2 Å². The van der Waals surface area contributed by atoms with Crippen molar-refractivity contribution < 1.29 is 86.0 Å². The van der Waals surface area contributed by atoms with E-state index in [4.69, 9.17) is 47.4 Å². The van der Waals surface area contributed by atoms with Gasteiger partial charge in [0.25, 0.3) is 11.8 Å². The highest BCUT2D eigenvalue weighted by Crippen LogP contribution is 2.52. The zero-order chi connectivity index (χ0) is 69.0. The van der Waals surface area contributed by atoms with Gasteiger partial charge in [-0.15, -0.1) is 11.8 Å². The zero-order valence-electron chi connectivity index (χ0n) is 56.5. The number of carbonyl (C=O) groups is 7. The summed E-state index contributed by atoms with van der Waals surface area (Å²) in [4.78, 5) is 102. The molecule has 1 unspecified atom stereocenters. The number of anilines is 2. The van der Waals surface area contributed by atoms with Crippen LogP contribution in [0.2, 0.25) is 0 Å². The van der Waals surface area contributed by atoms with Crippen molar-refractivity contribution in [2.75, 3.05) is 104 Å². The van der Waals surface area contributed by atoms with Crippen molar-refractivity contribution in [3.63, 3.8) is 0 Å². The second kappa shape index (κ2) is 35.5. The minimum atomic E-state index is -1.52. The molecule has 0 aromatic heterocycles. The van der Waals surface area contributed by atoms with Gasteiger partial charge >= 0.3 is 12.2 Å². The number of nitrogens with one attached hydrogen (secondary N) is 4. The van der Waals surface area contributed by atoms with E-state index < -0.39 is 60.2 Å². The SMILES string of the molecule is COc1cc2c(cc1OCCCCCOc1cc3c(cc1OC)C(=O)N1C=C(C)C[C@H]1[C@H](O)N3C(=O)OCc1ccc(NC(=O)[C@H](C)NC(=O)[C@@H](NC(=O)CCOCCOCCOCCOCCNC(=O)OCC3[C@H]4CCC#CCC[C@@H]34)C(C)C)cc1)N=C[C@@H]1CC(C)=CN1C2=O. The summed E-state index contributed by atoms with van der Waals surface area (Å²) in [5.41, 5.74) is 3.95. The van der Waals surface area contributed by atoms with E-state index in [1.54, 1.807) is 67.6 Å². The first-order valence-electron chi connectivity index (χ1n) is 33.5. The molecule has 6 aliphatic rings. The van der Waals surface area contributed by atoms with Crippen molar-refractivity contribution in [2.24, 2.45) is 28.7 Å². The molecule has 5 N–H and O–H groups in total. The summed E-state index contributed by atoms with van der Waals surface area (Å²) in [6.45, 7) is 12.4. The Bertz CT molecular complexity index is 3420. The molecular weight excluding hydrogens is 1250 g/mol. The first kappa shape index (κ1) is 72.5. The van der Waals surface area contributed by atoms with E-state index in [1.165, 1.54) is 38.2 Å². The third-order valence-electron chi connectivity index (χ3n) is 17.7. The molecule has 0 saturated heterocycles. The van der Waals surface area contributed by atoms with Crippen molar-refractivity contribution in [3.05, 3.63) is 88.8 Å². The Morgan fingerprint density at radius 3 is 1.92 bits per heavy atom. The van der Waals surface area contributed by atoms with Crippen LogP contribution in [0.15, 0.2) is 77.1 Å². The Balaban J connectivity index is 0.654. The number of alkyl carbamates (subject to hydrolysis) is 1. The molecule has 4 aliphatic heterocycles. The third kappa shape index (κ3) is 19.7. The second-order valence-electron chi connectivity index (χ2n) is 25.2. The molecule has 3 aromatic rings. The van der Waals surface area contributed by atoms with Crippen LogP contribution in [0.3, 0.4) is 0 Å². The Morgan fingerprint density at radius 1 is 0.670 bits per heavy atom. The second-order valence-corrected chi connectivity index (χ2v) is 25.2. The summed E-state index contributed by atoms with van der Waals surface area (Å²) < 4.78 is 57.1. The number of aliphatic hydroxyl groups is 1. The van der Waals surface area contributed by atoms with Gasteiger partial charge in [-0.05, 0) is 119 Å². The molecule has 0 spiro atoms. The normalized spacial score (nSPS) is 20.2. The highest BCUT2D eigenvalue weighted by Gasteiger charge is 2.49. The number of carbonyl (C=O) groups excluding carboxylic acids is 7. The molecule has 3 aromatic carbocycles. The summed E-state index contributed by atoms with van der Waals surface area (Å²) in [5.74, 6) is 7.08. The molecule has 524 valence electrons.